The molecule has 5 nitrogen and oxygen atoms in total. The third kappa shape index (κ3) is 3.26. The number of aromatic nitrogens is 3. The van der Waals surface area contributed by atoms with Gasteiger partial charge < -0.3 is 10.1 Å². The molecule has 0 aliphatic carbocycles. The highest BCUT2D eigenvalue weighted by molar-refractivity contribution is 5.31. The minimum Gasteiger partial charge on any atom is -0.492 e. The van der Waals surface area contributed by atoms with Gasteiger partial charge in [0.1, 0.15) is 11.6 Å². The van der Waals surface area contributed by atoms with Gasteiger partial charge in [0.2, 0.25) is 0 Å². The van der Waals surface area contributed by atoms with E-state index in [0.29, 0.717) is 6.61 Å². The number of hydrogen-bond donors (Lipinski definition) is 1. The largest absolute Gasteiger partial charge is 0.492 e. The summed E-state index contributed by atoms with van der Waals surface area (Å²) in [5, 5.41) is 3.25. The summed E-state index contributed by atoms with van der Waals surface area (Å²) in [6.45, 7) is 4.46. The monoisotopic (exact) mass is 258 g/mol. The molecule has 2 rings (SSSR count). The zero-order valence-corrected chi connectivity index (χ0v) is 11.4. The van der Waals surface area contributed by atoms with Crippen molar-refractivity contribution >= 4 is 0 Å². The Labute approximate surface area is 113 Å². The van der Waals surface area contributed by atoms with Crippen LogP contribution in [0.15, 0.2) is 30.7 Å². The minimum atomic E-state index is -0.0189. The van der Waals surface area contributed by atoms with E-state index in [9.17, 15) is 0 Å². The van der Waals surface area contributed by atoms with Crippen LogP contribution < -0.4 is 10.1 Å². The molecule has 1 unspecified atom stereocenters. The molecule has 0 fully saturated rings. The van der Waals surface area contributed by atoms with E-state index in [2.05, 4.69) is 20.3 Å². The fourth-order valence-electron chi connectivity index (χ4n) is 1.96. The van der Waals surface area contributed by atoms with Crippen LogP contribution in [0.4, 0.5) is 0 Å². The number of rotatable bonds is 5. The molecule has 19 heavy (non-hydrogen) atoms. The van der Waals surface area contributed by atoms with Crippen LogP contribution in [0, 0.1) is 6.92 Å². The van der Waals surface area contributed by atoms with E-state index in [0.717, 1.165) is 22.8 Å². The standard InChI is InChI=1S/C14H18N4O/c1-4-19-12-7-11(8-16-9-12)14(15-3)13-5-6-17-10(2)18-13/h5-9,14-15H,4H2,1-3H3. The van der Waals surface area contributed by atoms with Crippen LogP contribution in [0.25, 0.3) is 0 Å². The van der Waals surface area contributed by atoms with Crippen molar-refractivity contribution in [3.63, 3.8) is 0 Å². The molecular formula is C14H18N4O. The Morgan fingerprint density at radius 1 is 1.37 bits per heavy atom. The van der Waals surface area contributed by atoms with Crippen molar-refractivity contribution in [1.29, 1.82) is 0 Å². The number of nitrogens with one attached hydrogen (secondary N) is 1. The van der Waals surface area contributed by atoms with E-state index in [-0.39, 0.29) is 6.04 Å². The first kappa shape index (κ1) is 13.4. The molecule has 0 spiro atoms. The van der Waals surface area contributed by atoms with Gasteiger partial charge in [0.15, 0.2) is 0 Å². The molecule has 0 aliphatic heterocycles. The number of nitrogens with zero attached hydrogens (tertiary/aromatic N) is 3. The van der Waals surface area contributed by atoms with E-state index < -0.39 is 0 Å². The molecule has 100 valence electrons. The lowest BCUT2D eigenvalue weighted by Gasteiger charge is -2.16. The average Bonchev–Trinajstić information content (AvgIpc) is 2.41. The predicted octanol–water partition coefficient (Wildman–Crippen LogP) is 1.89. The maximum Gasteiger partial charge on any atom is 0.137 e. The Morgan fingerprint density at radius 3 is 2.89 bits per heavy atom. The molecule has 0 saturated carbocycles. The summed E-state index contributed by atoms with van der Waals surface area (Å²) < 4.78 is 5.48. The minimum absolute atomic E-state index is 0.0189. The molecular weight excluding hydrogens is 240 g/mol. The molecule has 5 heteroatoms. The molecule has 0 bridgehead atoms. The molecule has 1 atom stereocenters. The van der Waals surface area contributed by atoms with E-state index in [4.69, 9.17) is 4.74 Å². The van der Waals surface area contributed by atoms with Crippen LogP contribution in [-0.4, -0.2) is 28.6 Å². The normalized spacial score (nSPS) is 12.2. The lowest BCUT2D eigenvalue weighted by atomic mass is 10.1. The fourth-order valence-corrected chi connectivity index (χ4v) is 1.96. The topological polar surface area (TPSA) is 59.9 Å². The summed E-state index contributed by atoms with van der Waals surface area (Å²) in [7, 11) is 1.90. The van der Waals surface area contributed by atoms with Gasteiger partial charge in [-0.3, -0.25) is 4.98 Å². The summed E-state index contributed by atoms with van der Waals surface area (Å²) in [4.78, 5) is 12.8. The van der Waals surface area contributed by atoms with Crippen LogP contribution in [0.5, 0.6) is 5.75 Å². The summed E-state index contributed by atoms with van der Waals surface area (Å²) >= 11 is 0. The van der Waals surface area contributed by atoms with Gasteiger partial charge in [0.25, 0.3) is 0 Å². The van der Waals surface area contributed by atoms with Crippen molar-refractivity contribution in [1.82, 2.24) is 20.3 Å². The first-order valence-electron chi connectivity index (χ1n) is 6.29. The quantitative estimate of drug-likeness (QED) is 0.887. The second-order valence-electron chi connectivity index (χ2n) is 4.14. The van der Waals surface area contributed by atoms with Gasteiger partial charge in [-0.1, -0.05) is 0 Å². The van der Waals surface area contributed by atoms with E-state index >= 15 is 0 Å². The second kappa shape index (κ2) is 6.24. The van der Waals surface area contributed by atoms with Crippen LogP contribution in [0.1, 0.15) is 30.0 Å². The molecule has 0 saturated heterocycles. The molecule has 0 aromatic carbocycles. The lowest BCUT2D eigenvalue weighted by Crippen LogP contribution is -2.19. The Kier molecular flexibility index (Phi) is 4.41. The Balaban J connectivity index is 2.33. The Bertz CT molecular complexity index is 544. The predicted molar refractivity (Wildman–Crippen MR) is 73.1 cm³/mol. The third-order valence-corrected chi connectivity index (χ3v) is 2.76. The van der Waals surface area contributed by atoms with Crippen LogP contribution in [0.3, 0.4) is 0 Å². The van der Waals surface area contributed by atoms with Crippen LogP contribution >= 0.6 is 0 Å². The summed E-state index contributed by atoms with van der Waals surface area (Å²) in [6.07, 6.45) is 5.30. The second-order valence-corrected chi connectivity index (χ2v) is 4.14. The molecule has 0 radical (unpaired) electrons. The Hall–Kier alpha value is -2.01. The van der Waals surface area contributed by atoms with Crippen molar-refractivity contribution in [2.75, 3.05) is 13.7 Å². The average molecular weight is 258 g/mol. The third-order valence-electron chi connectivity index (χ3n) is 2.76. The van der Waals surface area contributed by atoms with E-state index in [1.54, 1.807) is 12.4 Å². The van der Waals surface area contributed by atoms with Crippen LogP contribution in [0.2, 0.25) is 0 Å². The molecule has 0 amide bonds. The summed E-state index contributed by atoms with van der Waals surface area (Å²) in [5.74, 6) is 1.53. The smallest absolute Gasteiger partial charge is 0.137 e. The first-order chi connectivity index (χ1) is 9.24. The van der Waals surface area contributed by atoms with Crippen LogP contribution in [-0.2, 0) is 0 Å². The molecule has 1 N–H and O–H groups in total. The van der Waals surface area contributed by atoms with Crippen molar-refractivity contribution in [2.45, 2.75) is 19.9 Å². The fraction of sp³-hybridized carbons (Fsp3) is 0.357. The van der Waals surface area contributed by atoms with Crippen molar-refractivity contribution < 1.29 is 4.74 Å². The van der Waals surface area contributed by atoms with Gasteiger partial charge in [-0.15, -0.1) is 0 Å². The Morgan fingerprint density at radius 2 is 2.21 bits per heavy atom. The number of pyridine rings is 1. The molecule has 2 heterocycles. The molecule has 0 aliphatic rings. The van der Waals surface area contributed by atoms with Gasteiger partial charge in [-0.2, -0.15) is 0 Å². The van der Waals surface area contributed by atoms with E-state index in [1.807, 2.05) is 39.2 Å². The summed E-state index contributed by atoms with van der Waals surface area (Å²) in [5.41, 5.74) is 1.94. The maximum atomic E-state index is 5.48. The highest BCUT2D eigenvalue weighted by atomic mass is 16.5. The molecule has 2 aromatic rings. The summed E-state index contributed by atoms with van der Waals surface area (Å²) in [6, 6.07) is 3.87. The number of aryl methyl sites for hydroxylation is 1. The van der Waals surface area contributed by atoms with Crippen molar-refractivity contribution in [3.05, 3.63) is 47.8 Å². The lowest BCUT2D eigenvalue weighted by molar-refractivity contribution is 0.338. The number of ether oxygens (including phenoxy) is 1. The zero-order chi connectivity index (χ0) is 13.7. The maximum absolute atomic E-state index is 5.48. The highest BCUT2D eigenvalue weighted by Crippen LogP contribution is 2.22. The van der Waals surface area contributed by atoms with Crippen molar-refractivity contribution in [2.24, 2.45) is 0 Å². The SMILES string of the molecule is CCOc1cncc(C(NC)c2ccnc(C)n2)c1. The van der Waals surface area contributed by atoms with Gasteiger partial charge in [0.05, 0.1) is 24.5 Å². The van der Waals surface area contributed by atoms with Gasteiger partial charge in [0, 0.05) is 12.4 Å². The zero-order valence-electron chi connectivity index (χ0n) is 11.4. The molecule has 2 aromatic heterocycles. The highest BCUT2D eigenvalue weighted by Gasteiger charge is 2.14. The van der Waals surface area contributed by atoms with Gasteiger partial charge in [-0.05, 0) is 38.6 Å². The first-order valence-corrected chi connectivity index (χ1v) is 6.29. The number of hydrogen-bond acceptors (Lipinski definition) is 5. The van der Waals surface area contributed by atoms with Gasteiger partial charge >= 0.3 is 0 Å². The van der Waals surface area contributed by atoms with Gasteiger partial charge in [-0.25, -0.2) is 9.97 Å². The van der Waals surface area contributed by atoms with Crippen molar-refractivity contribution in [3.8, 4) is 5.75 Å². The van der Waals surface area contributed by atoms with E-state index in [1.165, 1.54) is 0 Å².